The van der Waals surface area contributed by atoms with Crippen molar-refractivity contribution in [1.29, 1.82) is 0 Å². The molecule has 3 aromatic rings. The normalized spacial score (nSPS) is 10.7. The van der Waals surface area contributed by atoms with Crippen LogP contribution < -0.4 is 10.1 Å². The Balaban J connectivity index is 1.78. The van der Waals surface area contributed by atoms with E-state index >= 15 is 0 Å². The number of nitrogens with one attached hydrogen (secondary N) is 1. The summed E-state index contributed by atoms with van der Waals surface area (Å²) in [5, 5.41) is 3.46. The third-order valence-corrected chi connectivity index (χ3v) is 4.45. The number of nitrogens with zero attached hydrogens (tertiary/aromatic N) is 1. The summed E-state index contributed by atoms with van der Waals surface area (Å²) >= 11 is 1.44. The first kappa shape index (κ1) is 15.5. The van der Waals surface area contributed by atoms with Gasteiger partial charge in [-0.1, -0.05) is 30.4 Å². The largest absolute Gasteiger partial charge is 0.494 e. The van der Waals surface area contributed by atoms with Gasteiger partial charge < -0.3 is 4.74 Å². The molecule has 1 N–H and O–H groups in total. The van der Waals surface area contributed by atoms with Gasteiger partial charge in [0.15, 0.2) is 5.13 Å². The average molecular weight is 326 g/mol. The number of carbonyl (C=O) groups excluding carboxylic acids is 1. The lowest BCUT2D eigenvalue weighted by Crippen LogP contribution is -2.11. The minimum atomic E-state index is -0.142. The van der Waals surface area contributed by atoms with Crippen LogP contribution in [0, 0.1) is 0 Å². The molecule has 0 aliphatic rings. The highest BCUT2D eigenvalue weighted by atomic mass is 32.1. The monoisotopic (exact) mass is 326 g/mol. The number of anilines is 1. The molecule has 0 aliphatic carbocycles. The first-order valence-corrected chi connectivity index (χ1v) is 8.45. The fourth-order valence-electron chi connectivity index (χ4n) is 2.28. The molecule has 0 bridgehead atoms. The maximum absolute atomic E-state index is 12.3. The highest BCUT2D eigenvalue weighted by Crippen LogP contribution is 2.29. The van der Waals surface area contributed by atoms with Gasteiger partial charge in [0.25, 0.3) is 5.91 Å². The Labute approximate surface area is 139 Å². The third-order valence-electron chi connectivity index (χ3n) is 3.52. The predicted molar refractivity (Wildman–Crippen MR) is 94.6 cm³/mol. The molecule has 1 amide bonds. The number of aromatic nitrogens is 1. The number of benzene rings is 2. The summed E-state index contributed by atoms with van der Waals surface area (Å²) in [4.78, 5) is 16.7. The molecule has 0 aliphatic heterocycles. The summed E-state index contributed by atoms with van der Waals surface area (Å²) in [5.41, 5.74) is 2.71. The van der Waals surface area contributed by atoms with Crippen molar-refractivity contribution in [2.75, 3.05) is 11.9 Å². The summed E-state index contributed by atoms with van der Waals surface area (Å²) in [5.74, 6) is 0.674. The average Bonchev–Trinajstić information content (AvgIpc) is 2.96. The fourth-order valence-corrected chi connectivity index (χ4v) is 3.17. The first-order valence-electron chi connectivity index (χ1n) is 7.63. The Morgan fingerprint density at radius 3 is 2.65 bits per heavy atom. The van der Waals surface area contributed by atoms with Crippen molar-refractivity contribution in [2.45, 2.75) is 20.3 Å². The molecule has 1 aromatic heterocycles. The van der Waals surface area contributed by atoms with Crippen LogP contribution in [-0.4, -0.2) is 17.5 Å². The van der Waals surface area contributed by atoms with E-state index in [9.17, 15) is 4.79 Å². The van der Waals surface area contributed by atoms with Crippen LogP contribution >= 0.6 is 11.3 Å². The lowest BCUT2D eigenvalue weighted by atomic mass is 10.1. The summed E-state index contributed by atoms with van der Waals surface area (Å²) in [6.45, 7) is 4.67. The lowest BCUT2D eigenvalue weighted by molar-refractivity contribution is 0.102. The number of thiazole rings is 1. The molecule has 1 heterocycles. The van der Waals surface area contributed by atoms with Crippen molar-refractivity contribution < 1.29 is 9.53 Å². The van der Waals surface area contributed by atoms with E-state index in [4.69, 9.17) is 4.74 Å². The van der Waals surface area contributed by atoms with Gasteiger partial charge in [0.1, 0.15) is 5.75 Å². The van der Waals surface area contributed by atoms with Crippen molar-refractivity contribution in [1.82, 2.24) is 4.98 Å². The van der Waals surface area contributed by atoms with Crippen molar-refractivity contribution in [3.63, 3.8) is 0 Å². The molecule has 0 spiro atoms. The zero-order valence-electron chi connectivity index (χ0n) is 13.1. The number of aryl methyl sites for hydroxylation is 1. The van der Waals surface area contributed by atoms with E-state index < -0.39 is 0 Å². The van der Waals surface area contributed by atoms with E-state index in [0.29, 0.717) is 17.3 Å². The molecule has 5 heteroatoms. The van der Waals surface area contributed by atoms with E-state index in [1.165, 1.54) is 16.9 Å². The molecular formula is C18H18N2O2S. The van der Waals surface area contributed by atoms with Crippen LogP contribution in [0.1, 0.15) is 29.8 Å². The second kappa shape index (κ2) is 6.79. The van der Waals surface area contributed by atoms with E-state index in [1.54, 1.807) is 0 Å². The second-order valence-corrected chi connectivity index (χ2v) is 6.12. The van der Waals surface area contributed by atoms with Crippen LogP contribution in [0.3, 0.4) is 0 Å². The Bertz CT molecular complexity index is 825. The zero-order valence-corrected chi connectivity index (χ0v) is 13.9. The summed E-state index contributed by atoms with van der Waals surface area (Å²) < 4.78 is 6.48. The number of hydrogen-bond acceptors (Lipinski definition) is 4. The zero-order chi connectivity index (χ0) is 16.2. The van der Waals surface area contributed by atoms with E-state index in [1.807, 2.05) is 49.4 Å². The standard InChI is InChI=1S/C18H18N2O2S/c1-3-12-5-7-13(8-6-12)17(21)20-18-19-15-10-9-14(22-4-2)11-16(15)23-18/h5-11H,3-4H2,1-2H3,(H,19,20,21). The van der Waals surface area contributed by atoms with Crippen molar-refractivity contribution in [3.05, 3.63) is 53.6 Å². The number of fused-ring (bicyclic) bond motifs is 1. The summed E-state index contributed by atoms with van der Waals surface area (Å²) in [6.07, 6.45) is 0.960. The highest BCUT2D eigenvalue weighted by Gasteiger charge is 2.10. The molecule has 0 atom stereocenters. The predicted octanol–water partition coefficient (Wildman–Crippen LogP) is 4.51. The van der Waals surface area contributed by atoms with Gasteiger partial charge in [-0.25, -0.2) is 4.98 Å². The van der Waals surface area contributed by atoms with Crippen LogP contribution in [-0.2, 0) is 6.42 Å². The molecule has 4 nitrogen and oxygen atoms in total. The van der Waals surface area contributed by atoms with Crippen LogP contribution in [0.25, 0.3) is 10.2 Å². The number of hydrogen-bond donors (Lipinski definition) is 1. The Kier molecular flexibility index (Phi) is 4.57. The van der Waals surface area contributed by atoms with Crippen LogP contribution in [0.5, 0.6) is 5.75 Å². The van der Waals surface area contributed by atoms with Gasteiger partial charge in [-0.15, -0.1) is 0 Å². The molecule has 118 valence electrons. The minimum Gasteiger partial charge on any atom is -0.494 e. The summed E-state index contributed by atoms with van der Waals surface area (Å²) in [7, 11) is 0. The van der Waals surface area contributed by atoms with Crippen molar-refractivity contribution in [2.24, 2.45) is 0 Å². The van der Waals surface area contributed by atoms with Crippen LogP contribution in [0.15, 0.2) is 42.5 Å². The van der Waals surface area contributed by atoms with Gasteiger partial charge in [-0.05, 0) is 49.2 Å². The molecule has 0 fully saturated rings. The second-order valence-electron chi connectivity index (χ2n) is 5.09. The molecule has 0 saturated carbocycles. The molecule has 23 heavy (non-hydrogen) atoms. The number of amides is 1. The Hall–Kier alpha value is -2.40. The first-order chi connectivity index (χ1) is 11.2. The number of rotatable bonds is 5. The van der Waals surface area contributed by atoms with Crippen LogP contribution in [0.2, 0.25) is 0 Å². The molecule has 0 radical (unpaired) electrons. The van der Waals surface area contributed by atoms with Gasteiger partial charge in [-0.2, -0.15) is 0 Å². The maximum Gasteiger partial charge on any atom is 0.257 e. The summed E-state index contributed by atoms with van der Waals surface area (Å²) in [6, 6.07) is 13.4. The Morgan fingerprint density at radius 2 is 1.96 bits per heavy atom. The van der Waals surface area contributed by atoms with E-state index in [2.05, 4.69) is 17.2 Å². The topological polar surface area (TPSA) is 51.2 Å². The Morgan fingerprint density at radius 1 is 1.17 bits per heavy atom. The van der Waals surface area contributed by atoms with Crippen molar-refractivity contribution in [3.8, 4) is 5.75 Å². The quantitative estimate of drug-likeness (QED) is 0.750. The minimum absolute atomic E-state index is 0.142. The van der Waals surface area contributed by atoms with Crippen LogP contribution in [0.4, 0.5) is 5.13 Å². The maximum atomic E-state index is 12.3. The number of ether oxygens (including phenoxy) is 1. The number of carbonyl (C=O) groups is 1. The van der Waals surface area contributed by atoms with E-state index in [0.717, 1.165) is 22.4 Å². The lowest BCUT2D eigenvalue weighted by Gasteiger charge is -2.02. The third kappa shape index (κ3) is 3.51. The molecule has 0 saturated heterocycles. The SMILES string of the molecule is CCOc1ccc2nc(NC(=O)c3ccc(CC)cc3)sc2c1. The van der Waals surface area contributed by atoms with Gasteiger partial charge in [0.05, 0.1) is 16.8 Å². The fraction of sp³-hybridized carbons (Fsp3) is 0.222. The van der Waals surface area contributed by atoms with Gasteiger partial charge in [0, 0.05) is 5.56 Å². The van der Waals surface area contributed by atoms with Gasteiger partial charge >= 0.3 is 0 Å². The van der Waals surface area contributed by atoms with Gasteiger partial charge in [0.2, 0.25) is 0 Å². The molecule has 0 unspecified atom stereocenters. The highest BCUT2D eigenvalue weighted by molar-refractivity contribution is 7.22. The van der Waals surface area contributed by atoms with Gasteiger partial charge in [-0.3, -0.25) is 10.1 Å². The molecular weight excluding hydrogens is 308 g/mol. The van der Waals surface area contributed by atoms with Crippen molar-refractivity contribution >= 4 is 32.6 Å². The molecule has 3 rings (SSSR count). The molecule has 2 aromatic carbocycles. The van der Waals surface area contributed by atoms with E-state index in [-0.39, 0.29) is 5.91 Å². The smallest absolute Gasteiger partial charge is 0.257 e.